The molecule has 2 N–H and O–H groups in total. The standard InChI is InChI=1S/C18H30N2O5S/c1-7-8-20(17(24)25-18(4,5)6)13(11(2)3)9-14(21)15-19-12(10-26-15)16(22)23/h10-11,13-14,21H,7-9H2,1-6H3,(H,22,23). The number of carbonyl (C=O) groups is 2. The third-order valence-corrected chi connectivity index (χ3v) is 4.70. The van der Waals surface area contributed by atoms with Gasteiger partial charge < -0.3 is 19.8 Å². The van der Waals surface area contributed by atoms with Gasteiger partial charge in [0.15, 0.2) is 5.69 Å². The minimum Gasteiger partial charge on any atom is -0.476 e. The van der Waals surface area contributed by atoms with E-state index in [0.717, 1.165) is 17.8 Å². The molecule has 2 atom stereocenters. The van der Waals surface area contributed by atoms with E-state index in [4.69, 9.17) is 9.84 Å². The van der Waals surface area contributed by atoms with Crippen LogP contribution in [0.15, 0.2) is 5.38 Å². The van der Waals surface area contributed by atoms with Gasteiger partial charge in [0.1, 0.15) is 16.7 Å². The number of carbonyl (C=O) groups excluding carboxylic acids is 1. The number of hydrogen-bond donors (Lipinski definition) is 2. The number of rotatable bonds is 8. The highest BCUT2D eigenvalue weighted by Crippen LogP contribution is 2.28. The monoisotopic (exact) mass is 386 g/mol. The highest BCUT2D eigenvalue weighted by Gasteiger charge is 2.32. The van der Waals surface area contributed by atoms with Crippen LogP contribution in [-0.4, -0.2) is 50.3 Å². The smallest absolute Gasteiger partial charge is 0.410 e. The van der Waals surface area contributed by atoms with E-state index in [1.54, 1.807) is 4.90 Å². The van der Waals surface area contributed by atoms with Crippen LogP contribution in [-0.2, 0) is 4.74 Å². The maximum Gasteiger partial charge on any atom is 0.410 e. The lowest BCUT2D eigenvalue weighted by Gasteiger charge is -2.36. The molecule has 148 valence electrons. The minimum atomic E-state index is -1.12. The zero-order chi connectivity index (χ0) is 20.1. The average molecular weight is 387 g/mol. The van der Waals surface area contributed by atoms with Gasteiger partial charge in [-0.25, -0.2) is 14.6 Å². The van der Waals surface area contributed by atoms with Crippen LogP contribution in [0.5, 0.6) is 0 Å². The van der Waals surface area contributed by atoms with Crippen molar-refractivity contribution in [2.45, 2.75) is 72.1 Å². The maximum atomic E-state index is 12.6. The number of carboxylic acid groups (broad SMARTS) is 1. The number of aliphatic hydroxyl groups is 1. The Morgan fingerprint density at radius 3 is 2.38 bits per heavy atom. The van der Waals surface area contributed by atoms with E-state index in [0.29, 0.717) is 11.6 Å². The first-order valence-corrected chi connectivity index (χ1v) is 9.70. The molecule has 1 rings (SSSR count). The molecule has 0 aliphatic carbocycles. The molecule has 0 fully saturated rings. The largest absolute Gasteiger partial charge is 0.476 e. The fourth-order valence-electron chi connectivity index (χ4n) is 2.58. The molecule has 0 spiro atoms. The first kappa shape index (κ1) is 22.4. The number of amides is 1. The van der Waals surface area contributed by atoms with Gasteiger partial charge >= 0.3 is 12.1 Å². The molecule has 0 saturated heterocycles. The normalized spacial score (nSPS) is 14.2. The van der Waals surface area contributed by atoms with Gasteiger partial charge in [0.25, 0.3) is 0 Å². The molecule has 1 heterocycles. The summed E-state index contributed by atoms with van der Waals surface area (Å²) in [7, 11) is 0. The summed E-state index contributed by atoms with van der Waals surface area (Å²) in [4.78, 5) is 29.2. The summed E-state index contributed by atoms with van der Waals surface area (Å²) < 4.78 is 5.52. The van der Waals surface area contributed by atoms with Crippen LogP contribution in [0, 0.1) is 5.92 Å². The van der Waals surface area contributed by atoms with Crippen molar-refractivity contribution >= 4 is 23.4 Å². The Kier molecular flexibility index (Phi) is 8.02. The lowest BCUT2D eigenvalue weighted by atomic mass is 9.96. The number of aromatic nitrogens is 1. The number of ether oxygens (including phenoxy) is 1. The van der Waals surface area contributed by atoms with E-state index >= 15 is 0 Å². The zero-order valence-corrected chi connectivity index (χ0v) is 17.2. The van der Waals surface area contributed by atoms with E-state index in [1.807, 2.05) is 41.5 Å². The average Bonchev–Trinajstić information content (AvgIpc) is 2.98. The Morgan fingerprint density at radius 2 is 1.96 bits per heavy atom. The second kappa shape index (κ2) is 9.32. The summed E-state index contributed by atoms with van der Waals surface area (Å²) in [5, 5.41) is 21.3. The van der Waals surface area contributed by atoms with Gasteiger partial charge in [-0.3, -0.25) is 0 Å². The van der Waals surface area contributed by atoms with Gasteiger partial charge in [-0.05, 0) is 33.1 Å². The number of hydrogen-bond acceptors (Lipinski definition) is 6. The Balaban J connectivity index is 2.98. The molecule has 1 aromatic heterocycles. The van der Waals surface area contributed by atoms with Crippen LogP contribution in [0.25, 0.3) is 0 Å². The van der Waals surface area contributed by atoms with Crippen molar-refractivity contribution in [2.24, 2.45) is 5.92 Å². The number of aliphatic hydroxyl groups excluding tert-OH is 1. The van der Waals surface area contributed by atoms with Gasteiger partial charge in [-0.1, -0.05) is 20.8 Å². The van der Waals surface area contributed by atoms with E-state index in [1.165, 1.54) is 5.38 Å². The molecule has 1 aromatic rings. The van der Waals surface area contributed by atoms with E-state index in [9.17, 15) is 14.7 Å². The van der Waals surface area contributed by atoms with Gasteiger partial charge in [0.05, 0.1) is 0 Å². The van der Waals surface area contributed by atoms with Crippen LogP contribution in [0.4, 0.5) is 4.79 Å². The molecular formula is C18H30N2O5S. The second-order valence-electron chi connectivity index (χ2n) is 7.61. The number of aromatic carboxylic acids is 1. The number of carboxylic acids is 1. The van der Waals surface area contributed by atoms with Crippen LogP contribution in [0.2, 0.25) is 0 Å². The van der Waals surface area contributed by atoms with E-state index in [2.05, 4.69) is 4.98 Å². The minimum absolute atomic E-state index is 0.0808. The molecule has 0 aliphatic rings. The molecule has 0 radical (unpaired) electrons. The zero-order valence-electron chi connectivity index (χ0n) is 16.4. The van der Waals surface area contributed by atoms with Gasteiger partial charge in [0.2, 0.25) is 0 Å². The molecular weight excluding hydrogens is 356 g/mol. The van der Waals surface area contributed by atoms with Crippen molar-refractivity contribution in [1.29, 1.82) is 0 Å². The number of nitrogens with zero attached hydrogens (tertiary/aromatic N) is 2. The van der Waals surface area contributed by atoms with E-state index in [-0.39, 0.29) is 24.1 Å². The Morgan fingerprint density at radius 1 is 1.35 bits per heavy atom. The first-order chi connectivity index (χ1) is 12.0. The van der Waals surface area contributed by atoms with Gasteiger partial charge in [-0.2, -0.15) is 0 Å². The Labute approximate surface area is 159 Å². The summed E-state index contributed by atoms with van der Waals surface area (Å²) in [5.41, 5.74) is -0.683. The van der Waals surface area contributed by atoms with Crippen LogP contribution >= 0.6 is 11.3 Å². The fraction of sp³-hybridized carbons (Fsp3) is 0.722. The molecule has 1 amide bonds. The van der Waals surface area contributed by atoms with Crippen molar-refractivity contribution in [3.63, 3.8) is 0 Å². The second-order valence-corrected chi connectivity index (χ2v) is 8.50. The molecule has 7 nitrogen and oxygen atoms in total. The van der Waals surface area contributed by atoms with Gasteiger partial charge in [0, 0.05) is 24.4 Å². The van der Waals surface area contributed by atoms with E-state index < -0.39 is 23.8 Å². The van der Waals surface area contributed by atoms with Crippen LogP contribution in [0.3, 0.4) is 0 Å². The fourth-order valence-corrected chi connectivity index (χ4v) is 3.37. The maximum absolute atomic E-state index is 12.6. The van der Waals surface area contributed by atoms with Crippen molar-refractivity contribution in [3.8, 4) is 0 Å². The SMILES string of the molecule is CCCN(C(=O)OC(C)(C)C)C(CC(O)c1nc(C(=O)O)cs1)C(C)C. The molecule has 0 bridgehead atoms. The predicted molar refractivity (Wildman–Crippen MR) is 101 cm³/mol. The molecule has 0 aromatic carbocycles. The summed E-state index contributed by atoms with van der Waals surface area (Å²) >= 11 is 1.11. The number of thiazole rings is 1. The van der Waals surface area contributed by atoms with Crippen LogP contribution < -0.4 is 0 Å². The third kappa shape index (κ3) is 6.57. The van der Waals surface area contributed by atoms with Crippen molar-refractivity contribution < 1.29 is 24.5 Å². The van der Waals surface area contributed by atoms with Crippen LogP contribution in [0.1, 0.15) is 76.0 Å². The topological polar surface area (TPSA) is 100.0 Å². The summed E-state index contributed by atoms with van der Waals surface area (Å²) in [6.07, 6.45) is -0.319. The Bertz CT molecular complexity index is 609. The van der Waals surface area contributed by atoms with Crippen molar-refractivity contribution in [2.75, 3.05) is 6.54 Å². The first-order valence-electron chi connectivity index (χ1n) is 8.82. The van der Waals surface area contributed by atoms with Gasteiger partial charge in [-0.15, -0.1) is 11.3 Å². The van der Waals surface area contributed by atoms with Crippen molar-refractivity contribution in [1.82, 2.24) is 9.88 Å². The highest BCUT2D eigenvalue weighted by atomic mass is 32.1. The van der Waals surface area contributed by atoms with Crippen molar-refractivity contribution in [3.05, 3.63) is 16.1 Å². The lowest BCUT2D eigenvalue weighted by molar-refractivity contribution is 0.00305. The molecule has 0 saturated carbocycles. The molecule has 8 heteroatoms. The lowest BCUT2D eigenvalue weighted by Crippen LogP contribution is -2.46. The summed E-state index contributed by atoms with van der Waals surface area (Å²) in [5.74, 6) is -1.04. The molecule has 0 aliphatic heterocycles. The predicted octanol–water partition coefficient (Wildman–Crippen LogP) is 3.94. The molecule has 2 unspecified atom stereocenters. The highest BCUT2D eigenvalue weighted by molar-refractivity contribution is 7.09. The summed E-state index contributed by atoms with van der Waals surface area (Å²) in [6.45, 7) is 11.9. The molecule has 26 heavy (non-hydrogen) atoms. The third-order valence-electron chi connectivity index (χ3n) is 3.75. The Hall–Kier alpha value is -1.67. The quantitative estimate of drug-likeness (QED) is 0.702. The summed E-state index contributed by atoms with van der Waals surface area (Å²) in [6, 6.07) is -0.253.